The number of aliphatic carboxylic acids is 1. The molecule has 1 amide bonds. The van der Waals surface area contributed by atoms with Gasteiger partial charge in [0.1, 0.15) is 11.6 Å². The molecule has 0 bridgehead atoms. The van der Waals surface area contributed by atoms with Crippen LogP contribution in [0.4, 0.5) is 14.5 Å². The predicted octanol–water partition coefficient (Wildman–Crippen LogP) is 0.0676. The molecule has 1 aliphatic heterocycles. The Morgan fingerprint density at radius 1 is 1.41 bits per heavy atom. The van der Waals surface area contributed by atoms with Crippen molar-refractivity contribution in [2.75, 3.05) is 11.4 Å². The third-order valence-electron chi connectivity index (χ3n) is 2.66. The van der Waals surface area contributed by atoms with Gasteiger partial charge in [-0.3, -0.25) is 4.79 Å². The van der Waals surface area contributed by atoms with Crippen LogP contribution in [0.1, 0.15) is 6.42 Å². The lowest BCUT2D eigenvalue weighted by Crippen LogP contribution is -2.33. The number of carbonyl (C=O) groups excluding carboxylic acids is 2. The Balaban J connectivity index is 2.29. The first-order chi connectivity index (χ1) is 7.99. The van der Waals surface area contributed by atoms with E-state index in [0.29, 0.717) is 6.07 Å². The number of carbonyl (C=O) groups is 2. The highest BCUT2D eigenvalue weighted by Gasteiger charge is 2.32. The average molecular weight is 240 g/mol. The molecule has 0 aromatic heterocycles. The maximum absolute atomic E-state index is 13.4. The fourth-order valence-electron chi connectivity index (χ4n) is 1.80. The van der Waals surface area contributed by atoms with Crippen LogP contribution in [0.2, 0.25) is 0 Å². The van der Waals surface area contributed by atoms with Crippen molar-refractivity contribution in [3.63, 3.8) is 0 Å². The van der Waals surface area contributed by atoms with Crippen molar-refractivity contribution in [1.29, 1.82) is 0 Å². The van der Waals surface area contributed by atoms with Crippen molar-refractivity contribution in [1.82, 2.24) is 0 Å². The van der Waals surface area contributed by atoms with E-state index in [2.05, 4.69) is 0 Å². The van der Waals surface area contributed by atoms with E-state index in [1.54, 1.807) is 0 Å². The van der Waals surface area contributed by atoms with Gasteiger partial charge >= 0.3 is 0 Å². The monoisotopic (exact) mass is 240 g/mol. The maximum Gasteiger partial charge on any atom is 0.227 e. The highest BCUT2D eigenvalue weighted by molar-refractivity contribution is 5.99. The van der Waals surface area contributed by atoms with Gasteiger partial charge in [-0.1, -0.05) is 0 Å². The minimum absolute atomic E-state index is 0.111. The Morgan fingerprint density at radius 3 is 2.65 bits per heavy atom. The summed E-state index contributed by atoms with van der Waals surface area (Å²) in [6, 6.07) is 2.77. The van der Waals surface area contributed by atoms with Crippen LogP contribution in [0.3, 0.4) is 0 Å². The van der Waals surface area contributed by atoms with Gasteiger partial charge in [0.2, 0.25) is 5.91 Å². The Hall–Kier alpha value is -1.98. The zero-order valence-electron chi connectivity index (χ0n) is 8.65. The SMILES string of the molecule is O=C([O-])[C@@H]1CC(=O)N(c2ccc(F)cc2F)C1. The molecule has 90 valence electrons. The average Bonchev–Trinajstić information content (AvgIpc) is 2.61. The number of amides is 1. The van der Waals surface area contributed by atoms with Gasteiger partial charge < -0.3 is 14.8 Å². The van der Waals surface area contributed by atoms with Gasteiger partial charge in [0.25, 0.3) is 0 Å². The molecule has 1 aliphatic rings. The van der Waals surface area contributed by atoms with E-state index < -0.39 is 29.4 Å². The minimum atomic E-state index is -1.34. The number of hydrogen-bond donors (Lipinski definition) is 0. The normalized spacial score (nSPS) is 19.8. The lowest BCUT2D eigenvalue weighted by atomic mass is 10.1. The topological polar surface area (TPSA) is 60.4 Å². The molecular formula is C11H8F2NO3-. The zero-order chi connectivity index (χ0) is 12.6. The molecule has 0 saturated carbocycles. The van der Waals surface area contributed by atoms with Crippen molar-refractivity contribution >= 4 is 17.6 Å². The lowest BCUT2D eigenvalue weighted by Gasteiger charge is -2.17. The second-order valence-electron chi connectivity index (χ2n) is 3.82. The summed E-state index contributed by atoms with van der Waals surface area (Å²) in [4.78, 5) is 23.1. The molecule has 1 fully saturated rings. The molecular weight excluding hydrogens is 232 g/mol. The number of halogens is 2. The fourth-order valence-corrected chi connectivity index (χ4v) is 1.80. The summed E-state index contributed by atoms with van der Waals surface area (Å²) in [6.07, 6.45) is -0.223. The number of anilines is 1. The third kappa shape index (κ3) is 2.11. The van der Waals surface area contributed by atoms with Gasteiger partial charge in [0.05, 0.1) is 5.69 Å². The molecule has 1 aromatic carbocycles. The first-order valence-electron chi connectivity index (χ1n) is 4.95. The van der Waals surface area contributed by atoms with Crippen LogP contribution in [-0.4, -0.2) is 18.4 Å². The van der Waals surface area contributed by atoms with Crippen LogP contribution in [0.5, 0.6) is 0 Å². The molecule has 0 aliphatic carbocycles. The number of benzene rings is 1. The van der Waals surface area contributed by atoms with Crippen molar-refractivity contribution in [3.05, 3.63) is 29.8 Å². The lowest BCUT2D eigenvalue weighted by molar-refractivity contribution is -0.310. The van der Waals surface area contributed by atoms with Crippen LogP contribution in [0, 0.1) is 17.6 Å². The molecule has 1 atom stereocenters. The Bertz CT molecular complexity index is 490. The fraction of sp³-hybridized carbons (Fsp3) is 0.273. The number of carboxylic acids is 1. The smallest absolute Gasteiger partial charge is 0.227 e. The molecule has 0 N–H and O–H groups in total. The maximum atomic E-state index is 13.4. The molecule has 4 nitrogen and oxygen atoms in total. The van der Waals surface area contributed by atoms with Gasteiger partial charge in [0.15, 0.2) is 0 Å². The third-order valence-corrected chi connectivity index (χ3v) is 2.66. The second kappa shape index (κ2) is 4.12. The van der Waals surface area contributed by atoms with E-state index in [-0.39, 0.29) is 18.7 Å². The standard InChI is InChI=1S/C11H9F2NO3/c12-7-1-2-9(8(13)4-7)14-5-6(11(16)17)3-10(14)15/h1-2,4,6H,3,5H2,(H,16,17)/p-1/t6-/m1/s1. The van der Waals surface area contributed by atoms with Crippen molar-refractivity contribution in [3.8, 4) is 0 Å². The summed E-state index contributed by atoms with van der Waals surface area (Å²) in [7, 11) is 0. The summed E-state index contributed by atoms with van der Waals surface area (Å²) in [5.41, 5.74) is -0.111. The van der Waals surface area contributed by atoms with Crippen molar-refractivity contribution < 1.29 is 23.5 Å². The Morgan fingerprint density at radius 2 is 2.12 bits per heavy atom. The summed E-state index contributed by atoms with van der Waals surface area (Å²) < 4.78 is 26.1. The number of rotatable bonds is 2. The van der Waals surface area contributed by atoms with Crippen LogP contribution in [0.15, 0.2) is 18.2 Å². The molecule has 1 saturated heterocycles. The summed E-state index contributed by atoms with van der Waals surface area (Å²) in [5, 5.41) is 10.6. The van der Waals surface area contributed by atoms with Crippen LogP contribution in [0.25, 0.3) is 0 Å². The van der Waals surface area contributed by atoms with Gasteiger partial charge in [0, 0.05) is 30.9 Å². The molecule has 6 heteroatoms. The Labute approximate surface area is 95.5 Å². The Kier molecular flexibility index (Phi) is 2.79. The number of hydrogen-bond acceptors (Lipinski definition) is 3. The second-order valence-corrected chi connectivity index (χ2v) is 3.82. The summed E-state index contributed by atoms with van der Waals surface area (Å²) >= 11 is 0. The summed E-state index contributed by atoms with van der Waals surface area (Å²) in [6.45, 7) is -0.149. The van der Waals surface area contributed by atoms with Crippen LogP contribution >= 0.6 is 0 Å². The van der Waals surface area contributed by atoms with Gasteiger partial charge in [-0.2, -0.15) is 0 Å². The molecule has 0 spiro atoms. The zero-order valence-corrected chi connectivity index (χ0v) is 8.65. The quantitative estimate of drug-likeness (QED) is 0.734. The van der Waals surface area contributed by atoms with E-state index in [0.717, 1.165) is 17.0 Å². The molecule has 0 unspecified atom stereocenters. The number of nitrogens with zero attached hydrogens (tertiary/aromatic N) is 1. The largest absolute Gasteiger partial charge is 0.550 e. The van der Waals surface area contributed by atoms with E-state index in [4.69, 9.17) is 0 Å². The molecule has 2 rings (SSSR count). The van der Waals surface area contributed by atoms with E-state index >= 15 is 0 Å². The van der Waals surface area contributed by atoms with Gasteiger partial charge in [-0.25, -0.2) is 8.78 Å². The van der Waals surface area contributed by atoms with Crippen molar-refractivity contribution in [2.24, 2.45) is 5.92 Å². The summed E-state index contributed by atoms with van der Waals surface area (Å²) in [5.74, 6) is -4.45. The first-order valence-corrected chi connectivity index (χ1v) is 4.95. The highest BCUT2D eigenvalue weighted by atomic mass is 19.1. The van der Waals surface area contributed by atoms with E-state index in [1.807, 2.05) is 0 Å². The van der Waals surface area contributed by atoms with Gasteiger partial charge in [-0.15, -0.1) is 0 Å². The molecule has 1 heterocycles. The van der Waals surface area contributed by atoms with E-state index in [1.165, 1.54) is 0 Å². The first kappa shape index (κ1) is 11.5. The van der Waals surface area contributed by atoms with Gasteiger partial charge in [-0.05, 0) is 12.1 Å². The predicted molar refractivity (Wildman–Crippen MR) is 51.8 cm³/mol. The van der Waals surface area contributed by atoms with Crippen molar-refractivity contribution in [2.45, 2.75) is 6.42 Å². The van der Waals surface area contributed by atoms with Crippen LogP contribution in [-0.2, 0) is 9.59 Å². The highest BCUT2D eigenvalue weighted by Crippen LogP contribution is 2.27. The molecule has 0 radical (unpaired) electrons. The molecule has 1 aromatic rings. The molecule has 17 heavy (non-hydrogen) atoms. The van der Waals surface area contributed by atoms with Crippen LogP contribution < -0.4 is 10.0 Å². The minimum Gasteiger partial charge on any atom is -0.550 e. The van der Waals surface area contributed by atoms with E-state index in [9.17, 15) is 23.5 Å². The number of carboxylic acid groups (broad SMARTS) is 1.